The summed E-state index contributed by atoms with van der Waals surface area (Å²) in [6.07, 6.45) is 0.206. The molecule has 0 saturated carbocycles. The van der Waals surface area contributed by atoms with Crippen LogP contribution in [0.4, 0.5) is 0 Å². The van der Waals surface area contributed by atoms with Crippen molar-refractivity contribution in [1.29, 1.82) is 0 Å². The number of rotatable bonds is 7. The summed E-state index contributed by atoms with van der Waals surface area (Å²) in [7, 11) is 0. The third-order valence-electron chi connectivity index (χ3n) is 4.78. The Hall–Kier alpha value is -3.25. The highest BCUT2D eigenvalue weighted by atomic mass is 16.3. The van der Waals surface area contributed by atoms with Crippen molar-refractivity contribution >= 4 is 5.91 Å². The number of aromatic nitrogens is 2. The summed E-state index contributed by atoms with van der Waals surface area (Å²) in [6, 6.07) is 17.2. The van der Waals surface area contributed by atoms with Gasteiger partial charge >= 0.3 is 0 Å². The second-order valence-electron chi connectivity index (χ2n) is 6.99. The molecule has 3 rings (SSSR count). The van der Waals surface area contributed by atoms with Gasteiger partial charge in [0.2, 0.25) is 5.91 Å². The van der Waals surface area contributed by atoms with Crippen molar-refractivity contribution < 1.29 is 9.90 Å². The molecule has 6 nitrogen and oxygen atoms in total. The minimum absolute atomic E-state index is 0.138. The zero-order valence-electron chi connectivity index (χ0n) is 16.7. The molecule has 2 N–H and O–H groups in total. The molecule has 0 aliphatic heterocycles. The van der Waals surface area contributed by atoms with Crippen LogP contribution in [0.2, 0.25) is 0 Å². The van der Waals surface area contributed by atoms with Gasteiger partial charge in [0, 0.05) is 36.4 Å². The summed E-state index contributed by atoms with van der Waals surface area (Å²) in [5.74, 6) is 0.172. The predicted molar refractivity (Wildman–Crippen MR) is 112 cm³/mol. The first-order valence-corrected chi connectivity index (χ1v) is 9.58. The van der Waals surface area contributed by atoms with Crippen LogP contribution in [-0.4, -0.2) is 27.2 Å². The topological polar surface area (TPSA) is 84.2 Å². The Morgan fingerprint density at radius 1 is 1.07 bits per heavy atom. The number of aryl methyl sites for hydroxylation is 2. The van der Waals surface area contributed by atoms with E-state index in [1.807, 2.05) is 61.5 Å². The zero-order valence-corrected chi connectivity index (χ0v) is 16.7. The average Bonchev–Trinajstić information content (AvgIpc) is 2.73. The molecule has 0 spiro atoms. The maximum Gasteiger partial charge on any atom is 0.257 e. The lowest BCUT2D eigenvalue weighted by Crippen LogP contribution is -2.35. The maximum absolute atomic E-state index is 13.1. The van der Waals surface area contributed by atoms with E-state index in [1.165, 1.54) is 4.57 Å². The number of benzene rings is 2. The van der Waals surface area contributed by atoms with Crippen LogP contribution in [0.25, 0.3) is 11.4 Å². The molecule has 0 aliphatic carbocycles. The van der Waals surface area contributed by atoms with Crippen LogP contribution in [0.1, 0.15) is 22.4 Å². The van der Waals surface area contributed by atoms with Crippen LogP contribution < -0.4 is 10.9 Å². The summed E-state index contributed by atoms with van der Waals surface area (Å²) in [5, 5.41) is 12.2. The lowest BCUT2D eigenvalue weighted by Gasteiger charge is -2.16. The first kappa shape index (κ1) is 20.5. The molecule has 3 aromatic rings. The van der Waals surface area contributed by atoms with Crippen molar-refractivity contribution in [2.75, 3.05) is 6.61 Å². The largest absolute Gasteiger partial charge is 0.396 e. The Balaban J connectivity index is 1.89. The maximum atomic E-state index is 13.1. The number of carbonyl (C=O) groups is 1. The summed E-state index contributed by atoms with van der Waals surface area (Å²) < 4.78 is 1.39. The number of hydrogen-bond acceptors (Lipinski definition) is 4. The predicted octanol–water partition coefficient (Wildman–Crippen LogP) is 2.38. The number of carbonyl (C=O) groups excluding carboxylic acids is 1. The van der Waals surface area contributed by atoms with Gasteiger partial charge in [-0.1, -0.05) is 60.2 Å². The van der Waals surface area contributed by atoms with Gasteiger partial charge in [0.25, 0.3) is 5.56 Å². The van der Waals surface area contributed by atoms with Crippen molar-refractivity contribution in [2.45, 2.75) is 33.4 Å². The van der Waals surface area contributed by atoms with E-state index in [9.17, 15) is 14.7 Å². The SMILES string of the molecule is Cc1ccc(CNC(=O)Cn2c(-c3ccccc3)nc(C)c(CCO)c2=O)cc1. The van der Waals surface area contributed by atoms with E-state index in [2.05, 4.69) is 10.3 Å². The van der Waals surface area contributed by atoms with Crippen LogP contribution in [0.5, 0.6) is 0 Å². The van der Waals surface area contributed by atoms with Gasteiger partial charge < -0.3 is 10.4 Å². The van der Waals surface area contributed by atoms with Crippen molar-refractivity contribution in [3.8, 4) is 11.4 Å². The van der Waals surface area contributed by atoms with Crippen LogP contribution in [-0.2, 0) is 24.3 Å². The molecule has 0 aliphatic rings. The van der Waals surface area contributed by atoms with Gasteiger partial charge in [0.15, 0.2) is 0 Å². The highest BCUT2D eigenvalue weighted by Crippen LogP contribution is 2.17. The molecule has 0 saturated heterocycles. The van der Waals surface area contributed by atoms with E-state index in [0.29, 0.717) is 23.6 Å². The van der Waals surface area contributed by atoms with Gasteiger partial charge in [-0.3, -0.25) is 14.2 Å². The lowest BCUT2D eigenvalue weighted by atomic mass is 10.1. The Labute approximate surface area is 169 Å². The minimum atomic E-state index is -0.295. The molecule has 0 fully saturated rings. The molecule has 150 valence electrons. The Bertz CT molecular complexity index is 1040. The number of amides is 1. The van der Waals surface area contributed by atoms with Gasteiger partial charge in [-0.05, 0) is 19.4 Å². The van der Waals surface area contributed by atoms with E-state index in [0.717, 1.165) is 16.7 Å². The zero-order chi connectivity index (χ0) is 20.8. The first-order valence-electron chi connectivity index (χ1n) is 9.58. The lowest BCUT2D eigenvalue weighted by molar-refractivity contribution is -0.121. The van der Waals surface area contributed by atoms with E-state index in [-0.39, 0.29) is 31.0 Å². The fraction of sp³-hybridized carbons (Fsp3) is 0.261. The van der Waals surface area contributed by atoms with Crippen molar-refractivity contribution in [1.82, 2.24) is 14.9 Å². The number of nitrogens with zero attached hydrogens (tertiary/aromatic N) is 2. The second-order valence-corrected chi connectivity index (χ2v) is 6.99. The standard InChI is InChI=1S/C23H25N3O3/c1-16-8-10-18(11-9-16)14-24-21(28)15-26-22(19-6-4-3-5-7-19)25-17(2)20(12-13-27)23(26)29/h3-11,27H,12-15H2,1-2H3,(H,24,28). The second kappa shape index (κ2) is 9.30. The Morgan fingerprint density at radius 2 is 1.76 bits per heavy atom. The van der Waals surface area contributed by atoms with E-state index < -0.39 is 0 Å². The molecular formula is C23H25N3O3. The molecule has 1 aromatic heterocycles. The van der Waals surface area contributed by atoms with Gasteiger partial charge in [-0.15, -0.1) is 0 Å². The summed E-state index contributed by atoms with van der Waals surface area (Å²) in [5.41, 5.74) is 3.60. The minimum Gasteiger partial charge on any atom is -0.396 e. The van der Waals surface area contributed by atoms with Gasteiger partial charge in [-0.25, -0.2) is 4.98 Å². The first-order chi connectivity index (χ1) is 14.0. The van der Waals surface area contributed by atoms with Gasteiger partial charge in [0.05, 0.1) is 0 Å². The summed E-state index contributed by atoms with van der Waals surface area (Å²) in [4.78, 5) is 30.2. The van der Waals surface area contributed by atoms with Crippen LogP contribution >= 0.6 is 0 Å². The van der Waals surface area contributed by atoms with Crippen molar-refractivity contribution in [3.63, 3.8) is 0 Å². The van der Waals surface area contributed by atoms with Crippen molar-refractivity contribution in [2.24, 2.45) is 0 Å². The molecule has 0 atom stereocenters. The van der Waals surface area contributed by atoms with E-state index >= 15 is 0 Å². The third kappa shape index (κ3) is 4.97. The fourth-order valence-corrected chi connectivity index (χ4v) is 3.16. The molecule has 1 amide bonds. The molecule has 1 heterocycles. The normalized spacial score (nSPS) is 10.7. The summed E-state index contributed by atoms with van der Waals surface area (Å²) >= 11 is 0. The number of nitrogens with one attached hydrogen (secondary N) is 1. The molecule has 6 heteroatoms. The number of aliphatic hydroxyl groups excluding tert-OH is 1. The van der Waals surface area contributed by atoms with Crippen LogP contribution in [0, 0.1) is 13.8 Å². The average molecular weight is 391 g/mol. The number of hydrogen-bond donors (Lipinski definition) is 2. The molecule has 29 heavy (non-hydrogen) atoms. The quantitative estimate of drug-likeness (QED) is 0.648. The monoisotopic (exact) mass is 391 g/mol. The van der Waals surface area contributed by atoms with Gasteiger partial charge in [0.1, 0.15) is 12.4 Å². The Kier molecular flexibility index (Phi) is 6.57. The van der Waals surface area contributed by atoms with E-state index in [4.69, 9.17) is 0 Å². The van der Waals surface area contributed by atoms with Crippen LogP contribution in [0.15, 0.2) is 59.4 Å². The van der Waals surface area contributed by atoms with Crippen LogP contribution in [0.3, 0.4) is 0 Å². The highest BCUT2D eigenvalue weighted by molar-refractivity contribution is 5.76. The smallest absolute Gasteiger partial charge is 0.257 e. The molecule has 0 unspecified atom stereocenters. The fourth-order valence-electron chi connectivity index (χ4n) is 3.16. The molecule has 0 bridgehead atoms. The molecule has 0 radical (unpaired) electrons. The molecular weight excluding hydrogens is 366 g/mol. The molecule has 2 aromatic carbocycles. The highest BCUT2D eigenvalue weighted by Gasteiger charge is 2.17. The van der Waals surface area contributed by atoms with Gasteiger partial charge in [-0.2, -0.15) is 0 Å². The van der Waals surface area contributed by atoms with E-state index in [1.54, 1.807) is 6.92 Å². The third-order valence-corrected chi connectivity index (χ3v) is 4.78. The number of aliphatic hydroxyl groups is 1. The Morgan fingerprint density at radius 3 is 2.41 bits per heavy atom. The van der Waals surface area contributed by atoms with Crippen molar-refractivity contribution in [3.05, 3.63) is 87.3 Å². The summed E-state index contributed by atoms with van der Waals surface area (Å²) in [6.45, 7) is 3.86.